The fourth-order valence-electron chi connectivity index (χ4n) is 2.56. The number of rotatable bonds is 4. The molecule has 1 fully saturated rings. The molecule has 94 valence electrons. The van der Waals surface area contributed by atoms with Crippen LogP contribution in [0.25, 0.3) is 0 Å². The molecule has 0 spiro atoms. The molecule has 1 aromatic heterocycles. The van der Waals surface area contributed by atoms with E-state index in [9.17, 15) is 0 Å². The quantitative estimate of drug-likeness (QED) is 0.840. The molecule has 3 N–H and O–H groups in total. The minimum absolute atomic E-state index is 0.767. The predicted molar refractivity (Wildman–Crippen MR) is 72.0 cm³/mol. The van der Waals surface area contributed by atoms with Gasteiger partial charge in [0, 0.05) is 12.2 Å². The predicted octanol–water partition coefficient (Wildman–Crippen LogP) is 2.57. The molecule has 0 amide bonds. The van der Waals surface area contributed by atoms with Crippen molar-refractivity contribution in [1.29, 1.82) is 0 Å². The lowest BCUT2D eigenvalue weighted by atomic mass is 9.82. The van der Waals surface area contributed by atoms with Crippen LogP contribution in [0.15, 0.2) is 18.2 Å². The maximum atomic E-state index is 5.70. The Labute approximate surface area is 104 Å². The summed E-state index contributed by atoms with van der Waals surface area (Å²) < 4.78 is 0. The van der Waals surface area contributed by atoms with Gasteiger partial charge < -0.3 is 11.1 Å². The second kappa shape index (κ2) is 6.01. The molecule has 1 aliphatic carbocycles. The number of anilines is 1. The Kier molecular flexibility index (Phi) is 4.37. The third kappa shape index (κ3) is 3.70. The summed E-state index contributed by atoms with van der Waals surface area (Å²) in [7, 11) is 0. The molecule has 1 saturated carbocycles. The van der Waals surface area contributed by atoms with Crippen molar-refractivity contribution in [3.8, 4) is 0 Å². The summed E-state index contributed by atoms with van der Waals surface area (Å²) in [6.07, 6.45) is 5.20. The van der Waals surface area contributed by atoms with Gasteiger partial charge in [-0.1, -0.05) is 6.07 Å². The monoisotopic (exact) mass is 233 g/mol. The fourth-order valence-corrected chi connectivity index (χ4v) is 2.56. The molecule has 17 heavy (non-hydrogen) atoms. The van der Waals surface area contributed by atoms with E-state index in [0.29, 0.717) is 0 Å². The first kappa shape index (κ1) is 12.4. The van der Waals surface area contributed by atoms with Crippen LogP contribution < -0.4 is 11.1 Å². The number of aryl methyl sites for hydroxylation is 1. The lowest BCUT2D eigenvalue weighted by Crippen LogP contribution is -2.25. The maximum absolute atomic E-state index is 5.70. The Morgan fingerprint density at radius 3 is 2.59 bits per heavy atom. The van der Waals surface area contributed by atoms with Gasteiger partial charge in [-0.05, 0) is 63.1 Å². The molecular weight excluding hydrogens is 210 g/mol. The second-order valence-electron chi connectivity index (χ2n) is 5.17. The SMILES string of the molecule is Cc1cccc(NCC2CCC(CN)CC2)n1. The molecular formula is C14H23N3. The number of nitrogens with one attached hydrogen (secondary N) is 1. The Bertz CT molecular complexity index is 343. The van der Waals surface area contributed by atoms with Crippen LogP contribution in [0.3, 0.4) is 0 Å². The molecule has 0 bridgehead atoms. The van der Waals surface area contributed by atoms with E-state index < -0.39 is 0 Å². The zero-order chi connectivity index (χ0) is 12.1. The molecule has 0 saturated heterocycles. The molecule has 0 aromatic carbocycles. The summed E-state index contributed by atoms with van der Waals surface area (Å²) in [4.78, 5) is 4.46. The molecule has 3 heteroatoms. The summed E-state index contributed by atoms with van der Waals surface area (Å²) >= 11 is 0. The maximum Gasteiger partial charge on any atom is 0.126 e. The number of aromatic nitrogens is 1. The second-order valence-corrected chi connectivity index (χ2v) is 5.17. The highest BCUT2D eigenvalue weighted by atomic mass is 15.0. The number of hydrogen-bond acceptors (Lipinski definition) is 3. The molecule has 0 atom stereocenters. The van der Waals surface area contributed by atoms with Crippen LogP contribution >= 0.6 is 0 Å². The average Bonchev–Trinajstić information content (AvgIpc) is 2.37. The number of nitrogens with two attached hydrogens (primary N) is 1. The van der Waals surface area contributed by atoms with Crippen LogP contribution in [0.1, 0.15) is 31.4 Å². The third-order valence-corrected chi connectivity index (χ3v) is 3.76. The van der Waals surface area contributed by atoms with Gasteiger partial charge in [-0.25, -0.2) is 4.98 Å². The van der Waals surface area contributed by atoms with Crippen molar-refractivity contribution in [2.75, 3.05) is 18.4 Å². The van der Waals surface area contributed by atoms with Crippen LogP contribution in [-0.2, 0) is 0 Å². The first-order valence-corrected chi connectivity index (χ1v) is 6.65. The van der Waals surface area contributed by atoms with Crippen LogP contribution in [0, 0.1) is 18.8 Å². The van der Waals surface area contributed by atoms with Crippen LogP contribution in [0.2, 0.25) is 0 Å². The van der Waals surface area contributed by atoms with Gasteiger partial charge in [0.15, 0.2) is 0 Å². The minimum Gasteiger partial charge on any atom is -0.370 e. The Balaban J connectivity index is 1.76. The number of hydrogen-bond donors (Lipinski definition) is 2. The van der Waals surface area contributed by atoms with Gasteiger partial charge in [0.25, 0.3) is 0 Å². The topological polar surface area (TPSA) is 50.9 Å². The standard InChI is InChI=1S/C14H23N3/c1-11-3-2-4-14(17-11)16-10-13-7-5-12(9-15)6-8-13/h2-4,12-13H,5-10,15H2,1H3,(H,16,17). The summed E-state index contributed by atoms with van der Waals surface area (Å²) in [6.45, 7) is 3.94. The van der Waals surface area contributed by atoms with E-state index in [0.717, 1.165) is 36.4 Å². The minimum atomic E-state index is 0.767. The molecule has 1 aliphatic rings. The van der Waals surface area contributed by atoms with Crippen molar-refractivity contribution in [1.82, 2.24) is 4.98 Å². The molecule has 0 aliphatic heterocycles. The normalized spacial score (nSPS) is 24.6. The lowest BCUT2D eigenvalue weighted by molar-refractivity contribution is 0.289. The van der Waals surface area contributed by atoms with E-state index in [4.69, 9.17) is 5.73 Å². The van der Waals surface area contributed by atoms with E-state index in [2.05, 4.69) is 16.4 Å². The first-order valence-electron chi connectivity index (χ1n) is 6.65. The molecule has 0 radical (unpaired) electrons. The molecule has 3 nitrogen and oxygen atoms in total. The van der Waals surface area contributed by atoms with Gasteiger partial charge in [0.05, 0.1) is 0 Å². The van der Waals surface area contributed by atoms with Gasteiger partial charge >= 0.3 is 0 Å². The van der Waals surface area contributed by atoms with E-state index in [1.807, 2.05) is 19.1 Å². The van der Waals surface area contributed by atoms with Crippen molar-refractivity contribution >= 4 is 5.82 Å². The fraction of sp³-hybridized carbons (Fsp3) is 0.643. The average molecular weight is 233 g/mol. The molecule has 1 heterocycles. The highest BCUT2D eigenvalue weighted by Crippen LogP contribution is 2.28. The van der Waals surface area contributed by atoms with Crippen LogP contribution in [0.5, 0.6) is 0 Å². The zero-order valence-electron chi connectivity index (χ0n) is 10.7. The van der Waals surface area contributed by atoms with Crippen LogP contribution in [-0.4, -0.2) is 18.1 Å². The van der Waals surface area contributed by atoms with E-state index >= 15 is 0 Å². The first-order chi connectivity index (χ1) is 8.28. The highest BCUT2D eigenvalue weighted by Gasteiger charge is 2.19. The zero-order valence-corrected chi connectivity index (χ0v) is 10.7. The third-order valence-electron chi connectivity index (χ3n) is 3.76. The number of pyridine rings is 1. The van der Waals surface area contributed by atoms with Crippen molar-refractivity contribution in [2.24, 2.45) is 17.6 Å². The van der Waals surface area contributed by atoms with Crippen molar-refractivity contribution in [3.63, 3.8) is 0 Å². The number of nitrogens with zero attached hydrogens (tertiary/aromatic N) is 1. The molecule has 1 aromatic rings. The molecule has 2 rings (SSSR count). The van der Waals surface area contributed by atoms with Crippen molar-refractivity contribution in [2.45, 2.75) is 32.6 Å². The van der Waals surface area contributed by atoms with Crippen molar-refractivity contribution in [3.05, 3.63) is 23.9 Å². The Hall–Kier alpha value is -1.09. The van der Waals surface area contributed by atoms with Gasteiger partial charge in [-0.15, -0.1) is 0 Å². The van der Waals surface area contributed by atoms with E-state index in [1.165, 1.54) is 25.7 Å². The van der Waals surface area contributed by atoms with Gasteiger partial charge in [0.2, 0.25) is 0 Å². The van der Waals surface area contributed by atoms with E-state index in [-0.39, 0.29) is 0 Å². The van der Waals surface area contributed by atoms with Crippen LogP contribution in [0.4, 0.5) is 5.82 Å². The lowest BCUT2D eigenvalue weighted by Gasteiger charge is -2.27. The summed E-state index contributed by atoms with van der Waals surface area (Å²) in [5.41, 5.74) is 6.78. The Morgan fingerprint density at radius 2 is 1.94 bits per heavy atom. The van der Waals surface area contributed by atoms with Gasteiger partial charge in [-0.2, -0.15) is 0 Å². The largest absolute Gasteiger partial charge is 0.370 e. The van der Waals surface area contributed by atoms with Gasteiger partial charge in [0.1, 0.15) is 5.82 Å². The van der Waals surface area contributed by atoms with E-state index in [1.54, 1.807) is 0 Å². The molecule has 0 unspecified atom stereocenters. The Morgan fingerprint density at radius 1 is 1.24 bits per heavy atom. The summed E-state index contributed by atoms with van der Waals surface area (Å²) in [5, 5.41) is 3.45. The van der Waals surface area contributed by atoms with Gasteiger partial charge in [-0.3, -0.25) is 0 Å². The summed E-state index contributed by atoms with van der Waals surface area (Å²) in [5.74, 6) is 2.56. The van der Waals surface area contributed by atoms with Crippen molar-refractivity contribution < 1.29 is 0 Å². The smallest absolute Gasteiger partial charge is 0.126 e. The highest BCUT2D eigenvalue weighted by molar-refractivity contribution is 5.34. The summed E-state index contributed by atoms with van der Waals surface area (Å²) in [6, 6.07) is 6.12.